The Labute approximate surface area is 106 Å². The molecule has 0 aliphatic heterocycles. The number of hydrogen-bond acceptors (Lipinski definition) is 3. The molecule has 16 heavy (non-hydrogen) atoms. The van der Waals surface area contributed by atoms with Crippen LogP contribution in [0, 0.1) is 0 Å². The van der Waals surface area contributed by atoms with Gasteiger partial charge in [-0.05, 0) is 25.1 Å². The van der Waals surface area contributed by atoms with Crippen LogP contribution < -0.4 is 4.74 Å². The minimum absolute atomic E-state index is 0.198. The lowest BCUT2D eigenvalue weighted by atomic mass is 10.2. The third kappa shape index (κ3) is 3.89. The third-order valence-electron chi connectivity index (χ3n) is 2.42. The Morgan fingerprint density at radius 3 is 2.69 bits per heavy atom. The fourth-order valence-corrected chi connectivity index (χ4v) is 2.36. The first-order chi connectivity index (χ1) is 7.54. The molecule has 1 rings (SSSR count). The van der Waals surface area contributed by atoms with Crippen molar-refractivity contribution >= 4 is 23.4 Å². The molecule has 0 bridgehead atoms. The Morgan fingerprint density at radius 2 is 2.12 bits per heavy atom. The van der Waals surface area contributed by atoms with E-state index in [2.05, 4.69) is 0 Å². The van der Waals surface area contributed by atoms with Crippen molar-refractivity contribution in [3.05, 3.63) is 28.8 Å². The standard InChI is InChI=1S/C12H17ClO2S/c1-8(14)9(2)16-7-10-6-11(13)4-5-12(10)15-3/h4-6,8-9,14H,7H2,1-3H3. The van der Waals surface area contributed by atoms with Crippen molar-refractivity contribution in [1.82, 2.24) is 0 Å². The highest BCUT2D eigenvalue weighted by Crippen LogP contribution is 2.28. The maximum Gasteiger partial charge on any atom is 0.122 e. The summed E-state index contributed by atoms with van der Waals surface area (Å²) in [5.41, 5.74) is 1.06. The quantitative estimate of drug-likeness (QED) is 0.880. The van der Waals surface area contributed by atoms with Crippen molar-refractivity contribution in [2.45, 2.75) is 31.0 Å². The summed E-state index contributed by atoms with van der Waals surface area (Å²) in [7, 11) is 1.65. The van der Waals surface area contributed by atoms with E-state index in [1.807, 2.05) is 25.1 Å². The van der Waals surface area contributed by atoms with Crippen molar-refractivity contribution in [3.8, 4) is 5.75 Å². The van der Waals surface area contributed by atoms with Gasteiger partial charge in [-0.1, -0.05) is 18.5 Å². The second-order valence-corrected chi connectivity index (χ2v) is 5.51. The number of halogens is 1. The van der Waals surface area contributed by atoms with Crippen LogP contribution in [0.3, 0.4) is 0 Å². The van der Waals surface area contributed by atoms with Gasteiger partial charge < -0.3 is 9.84 Å². The van der Waals surface area contributed by atoms with Crippen molar-refractivity contribution < 1.29 is 9.84 Å². The monoisotopic (exact) mass is 260 g/mol. The topological polar surface area (TPSA) is 29.5 Å². The Kier molecular flexibility index (Phi) is 5.46. The summed E-state index contributed by atoms with van der Waals surface area (Å²) in [4.78, 5) is 0. The van der Waals surface area contributed by atoms with E-state index in [0.29, 0.717) is 5.02 Å². The molecule has 2 atom stereocenters. The zero-order chi connectivity index (χ0) is 12.1. The van der Waals surface area contributed by atoms with E-state index in [4.69, 9.17) is 16.3 Å². The van der Waals surface area contributed by atoms with E-state index in [9.17, 15) is 5.11 Å². The molecule has 90 valence electrons. The predicted octanol–water partition coefficient (Wildman–Crippen LogP) is 3.35. The maximum atomic E-state index is 9.40. The number of methoxy groups -OCH3 is 1. The van der Waals surface area contributed by atoms with Crippen molar-refractivity contribution in [2.75, 3.05) is 7.11 Å². The first kappa shape index (κ1) is 13.7. The lowest BCUT2D eigenvalue weighted by Gasteiger charge is -2.15. The second kappa shape index (κ2) is 6.38. The van der Waals surface area contributed by atoms with Gasteiger partial charge >= 0.3 is 0 Å². The van der Waals surface area contributed by atoms with E-state index < -0.39 is 0 Å². The van der Waals surface area contributed by atoms with Crippen LogP contribution in [0.4, 0.5) is 0 Å². The van der Waals surface area contributed by atoms with Gasteiger partial charge in [0.15, 0.2) is 0 Å². The number of ether oxygens (including phenoxy) is 1. The molecule has 0 saturated heterocycles. The molecule has 0 amide bonds. The van der Waals surface area contributed by atoms with Crippen LogP contribution in [-0.4, -0.2) is 23.6 Å². The molecule has 0 spiro atoms. The molecule has 1 aromatic carbocycles. The summed E-state index contributed by atoms with van der Waals surface area (Å²) in [6.07, 6.45) is -0.310. The van der Waals surface area contributed by atoms with E-state index in [-0.39, 0.29) is 11.4 Å². The second-order valence-electron chi connectivity index (χ2n) is 3.71. The van der Waals surface area contributed by atoms with Crippen LogP contribution in [0.5, 0.6) is 5.75 Å². The van der Waals surface area contributed by atoms with Gasteiger partial charge in [0.25, 0.3) is 0 Å². The largest absolute Gasteiger partial charge is 0.496 e. The van der Waals surface area contributed by atoms with Crippen molar-refractivity contribution in [1.29, 1.82) is 0 Å². The summed E-state index contributed by atoms with van der Waals surface area (Å²) in [5, 5.41) is 10.3. The fourth-order valence-electron chi connectivity index (χ4n) is 1.22. The van der Waals surface area contributed by atoms with Crippen molar-refractivity contribution in [3.63, 3.8) is 0 Å². The summed E-state index contributed by atoms with van der Waals surface area (Å²) in [5.74, 6) is 1.63. The average molecular weight is 261 g/mol. The number of rotatable bonds is 5. The highest BCUT2D eigenvalue weighted by Gasteiger charge is 2.11. The van der Waals surface area contributed by atoms with Gasteiger partial charge in [0.2, 0.25) is 0 Å². The molecule has 2 unspecified atom stereocenters. The minimum atomic E-state index is -0.310. The molecule has 0 heterocycles. The molecule has 0 aliphatic rings. The fraction of sp³-hybridized carbons (Fsp3) is 0.500. The summed E-state index contributed by atoms with van der Waals surface area (Å²) in [6, 6.07) is 5.58. The Bertz CT molecular complexity index is 342. The Morgan fingerprint density at radius 1 is 1.44 bits per heavy atom. The highest BCUT2D eigenvalue weighted by molar-refractivity contribution is 7.99. The number of benzene rings is 1. The summed E-state index contributed by atoms with van der Waals surface area (Å²) in [6.45, 7) is 3.80. The predicted molar refractivity (Wildman–Crippen MR) is 70.4 cm³/mol. The van der Waals surface area contributed by atoms with E-state index in [1.54, 1.807) is 25.8 Å². The Balaban J connectivity index is 2.68. The molecular weight excluding hydrogens is 244 g/mol. The van der Waals surface area contributed by atoms with Crippen LogP contribution in [0.2, 0.25) is 5.02 Å². The molecule has 0 aromatic heterocycles. The zero-order valence-electron chi connectivity index (χ0n) is 9.74. The molecule has 1 aromatic rings. The third-order valence-corrected chi connectivity index (χ3v) is 4.06. The average Bonchev–Trinajstić information content (AvgIpc) is 2.25. The normalized spacial score (nSPS) is 14.6. The molecular formula is C12H17ClO2S. The minimum Gasteiger partial charge on any atom is -0.496 e. The van der Waals surface area contributed by atoms with Gasteiger partial charge in [-0.2, -0.15) is 11.8 Å². The van der Waals surface area contributed by atoms with Gasteiger partial charge in [-0.3, -0.25) is 0 Å². The zero-order valence-corrected chi connectivity index (χ0v) is 11.3. The Hall–Kier alpha value is -0.380. The number of aliphatic hydroxyl groups is 1. The van der Waals surface area contributed by atoms with Gasteiger partial charge in [-0.15, -0.1) is 0 Å². The lowest BCUT2D eigenvalue weighted by Crippen LogP contribution is -2.15. The van der Waals surface area contributed by atoms with E-state index in [0.717, 1.165) is 17.1 Å². The number of hydrogen-bond donors (Lipinski definition) is 1. The maximum absolute atomic E-state index is 9.40. The van der Waals surface area contributed by atoms with E-state index >= 15 is 0 Å². The highest BCUT2D eigenvalue weighted by atomic mass is 35.5. The van der Waals surface area contributed by atoms with Crippen molar-refractivity contribution in [2.24, 2.45) is 0 Å². The molecule has 0 fully saturated rings. The van der Waals surface area contributed by atoms with Crippen LogP contribution >= 0.6 is 23.4 Å². The van der Waals surface area contributed by atoms with Gasteiger partial charge in [0, 0.05) is 21.6 Å². The number of thioether (sulfide) groups is 1. The van der Waals surface area contributed by atoms with E-state index in [1.165, 1.54) is 0 Å². The first-order valence-electron chi connectivity index (χ1n) is 5.16. The number of aliphatic hydroxyl groups excluding tert-OH is 1. The molecule has 4 heteroatoms. The molecule has 2 nitrogen and oxygen atoms in total. The SMILES string of the molecule is COc1ccc(Cl)cc1CSC(C)C(C)O. The van der Waals surface area contributed by atoms with Crippen LogP contribution in [0.25, 0.3) is 0 Å². The molecule has 0 aliphatic carbocycles. The smallest absolute Gasteiger partial charge is 0.122 e. The summed E-state index contributed by atoms with van der Waals surface area (Å²) < 4.78 is 5.26. The van der Waals surface area contributed by atoms with Crippen LogP contribution in [0.15, 0.2) is 18.2 Å². The summed E-state index contributed by atoms with van der Waals surface area (Å²) >= 11 is 7.62. The van der Waals surface area contributed by atoms with Crippen LogP contribution in [0.1, 0.15) is 19.4 Å². The van der Waals surface area contributed by atoms with Gasteiger partial charge in [-0.25, -0.2) is 0 Å². The first-order valence-corrected chi connectivity index (χ1v) is 6.59. The molecule has 0 radical (unpaired) electrons. The lowest BCUT2D eigenvalue weighted by molar-refractivity contribution is 0.196. The molecule has 1 N–H and O–H groups in total. The van der Waals surface area contributed by atoms with Gasteiger partial charge in [0.1, 0.15) is 5.75 Å². The molecule has 0 saturated carbocycles. The van der Waals surface area contributed by atoms with Crippen LogP contribution in [-0.2, 0) is 5.75 Å². The van der Waals surface area contributed by atoms with Gasteiger partial charge in [0.05, 0.1) is 13.2 Å².